The van der Waals surface area contributed by atoms with E-state index in [2.05, 4.69) is 25.9 Å². The first-order valence-corrected chi connectivity index (χ1v) is 8.80. The summed E-state index contributed by atoms with van der Waals surface area (Å²) in [6, 6.07) is 8.21. The van der Waals surface area contributed by atoms with Crippen molar-refractivity contribution in [1.82, 2.24) is 4.83 Å². The minimum atomic E-state index is -3.65. The Morgan fingerprint density at radius 3 is 2.55 bits per heavy atom. The molecular formula is C12H10BrIN2O3S. The van der Waals surface area contributed by atoms with Crippen molar-refractivity contribution in [1.29, 1.82) is 0 Å². The monoisotopic (exact) mass is 468 g/mol. The highest BCUT2D eigenvalue weighted by atomic mass is 127. The number of aryl methyl sites for hydroxylation is 1. The van der Waals surface area contributed by atoms with Crippen LogP contribution in [0.25, 0.3) is 0 Å². The minimum Gasteiger partial charge on any atom is -0.448 e. The first-order chi connectivity index (χ1) is 9.38. The van der Waals surface area contributed by atoms with E-state index in [1.807, 2.05) is 29.5 Å². The second-order valence-electron chi connectivity index (χ2n) is 3.94. The predicted molar refractivity (Wildman–Crippen MR) is 88.2 cm³/mol. The van der Waals surface area contributed by atoms with Gasteiger partial charge in [0.15, 0.2) is 3.77 Å². The Morgan fingerprint density at radius 2 is 2.00 bits per heavy atom. The van der Waals surface area contributed by atoms with Crippen molar-refractivity contribution in [3.05, 3.63) is 49.9 Å². The molecule has 0 atom stereocenters. The molecule has 1 aromatic heterocycles. The van der Waals surface area contributed by atoms with Gasteiger partial charge in [0.05, 0.1) is 15.6 Å². The van der Waals surface area contributed by atoms with Crippen LogP contribution in [0.1, 0.15) is 11.3 Å². The van der Waals surface area contributed by atoms with Crippen LogP contribution in [0, 0.1) is 10.7 Å². The van der Waals surface area contributed by atoms with Crippen LogP contribution >= 0.6 is 38.5 Å². The van der Waals surface area contributed by atoms with E-state index in [1.165, 1.54) is 18.3 Å². The van der Waals surface area contributed by atoms with Crippen molar-refractivity contribution in [2.75, 3.05) is 0 Å². The Bertz CT molecular complexity index is 719. The molecule has 2 aromatic rings. The Hall–Kier alpha value is -0.870. The fourth-order valence-electron chi connectivity index (χ4n) is 1.36. The lowest BCUT2D eigenvalue weighted by molar-refractivity contribution is 0.529. The molecule has 1 N–H and O–H groups in total. The largest absolute Gasteiger partial charge is 0.448 e. The van der Waals surface area contributed by atoms with Crippen molar-refractivity contribution in [2.45, 2.75) is 11.8 Å². The quantitative estimate of drug-likeness (QED) is 0.425. The van der Waals surface area contributed by atoms with Gasteiger partial charge in [0, 0.05) is 28.7 Å². The van der Waals surface area contributed by atoms with Gasteiger partial charge in [0.25, 0.3) is 10.0 Å². The molecule has 0 saturated carbocycles. The number of sulfonamides is 1. The summed E-state index contributed by atoms with van der Waals surface area (Å²) in [6.07, 6.45) is 1.30. The summed E-state index contributed by atoms with van der Waals surface area (Å²) >= 11 is 5.30. The highest BCUT2D eigenvalue weighted by molar-refractivity contribution is 14.1. The zero-order valence-electron chi connectivity index (χ0n) is 10.3. The lowest BCUT2D eigenvalue weighted by atomic mass is 10.2. The van der Waals surface area contributed by atoms with Crippen LogP contribution in [0.3, 0.4) is 0 Å². The maximum absolute atomic E-state index is 11.9. The topological polar surface area (TPSA) is 71.7 Å². The SMILES string of the molecule is Cc1ccc(S(=O)(=O)N/N=C\c2cc(Br)c(I)o2)cc1. The Morgan fingerprint density at radius 1 is 1.35 bits per heavy atom. The normalized spacial score (nSPS) is 11.9. The van der Waals surface area contributed by atoms with Gasteiger partial charge >= 0.3 is 0 Å². The van der Waals surface area contributed by atoms with Crippen LogP contribution < -0.4 is 4.83 Å². The Labute approximate surface area is 138 Å². The molecule has 0 aliphatic carbocycles. The molecule has 8 heteroatoms. The molecule has 0 aliphatic heterocycles. The summed E-state index contributed by atoms with van der Waals surface area (Å²) < 4.78 is 30.6. The number of furan rings is 1. The van der Waals surface area contributed by atoms with E-state index in [1.54, 1.807) is 18.2 Å². The van der Waals surface area contributed by atoms with Crippen molar-refractivity contribution >= 4 is 54.8 Å². The molecule has 0 radical (unpaired) electrons. The molecule has 0 fully saturated rings. The molecular weight excluding hydrogens is 459 g/mol. The lowest BCUT2D eigenvalue weighted by Gasteiger charge is -2.02. The van der Waals surface area contributed by atoms with Crippen molar-refractivity contribution < 1.29 is 12.8 Å². The third kappa shape index (κ3) is 3.83. The molecule has 0 bridgehead atoms. The number of halogens is 2. The molecule has 5 nitrogen and oxygen atoms in total. The van der Waals surface area contributed by atoms with E-state index in [-0.39, 0.29) is 4.90 Å². The highest BCUT2D eigenvalue weighted by Crippen LogP contribution is 2.22. The molecule has 0 aliphatic rings. The maximum atomic E-state index is 11.9. The van der Waals surface area contributed by atoms with Crippen LogP contribution in [0.5, 0.6) is 0 Å². The summed E-state index contributed by atoms with van der Waals surface area (Å²) in [7, 11) is -3.65. The first-order valence-electron chi connectivity index (χ1n) is 5.45. The fraction of sp³-hybridized carbons (Fsp3) is 0.0833. The minimum absolute atomic E-state index is 0.162. The molecule has 1 heterocycles. The van der Waals surface area contributed by atoms with Crippen molar-refractivity contribution in [3.8, 4) is 0 Å². The number of hydrogen-bond donors (Lipinski definition) is 1. The summed E-state index contributed by atoms with van der Waals surface area (Å²) in [5.74, 6) is 0.452. The van der Waals surface area contributed by atoms with Crippen molar-refractivity contribution in [3.63, 3.8) is 0 Å². The second-order valence-corrected chi connectivity index (χ2v) is 7.43. The van der Waals surface area contributed by atoms with E-state index >= 15 is 0 Å². The number of rotatable bonds is 4. The number of nitrogens with zero attached hydrogens (tertiary/aromatic N) is 1. The van der Waals surface area contributed by atoms with Crippen LogP contribution in [0.15, 0.2) is 49.2 Å². The standard InChI is InChI=1S/C12H10BrIN2O3S/c1-8-2-4-10(5-3-8)20(17,18)16-15-7-9-6-11(13)12(14)19-9/h2-7,16H,1H3/b15-7-. The number of hydrogen-bond acceptors (Lipinski definition) is 4. The van der Waals surface area contributed by atoms with Crippen LogP contribution in [-0.4, -0.2) is 14.6 Å². The molecule has 2 rings (SSSR count). The van der Waals surface area contributed by atoms with Gasteiger partial charge in [-0.1, -0.05) is 17.7 Å². The number of hydrazone groups is 1. The average molecular weight is 469 g/mol. The van der Waals surface area contributed by atoms with Crippen LogP contribution in [0.4, 0.5) is 0 Å². The van der Waals surface area contributed by atoms with Gasteiger partial charge in [0.1, 0.15) is 5.76 Å². The number of benzene rings is 1. The number of nitrogens with one attached hydrogen (secondary N) is 1. The molecule has 20 heavy (non-hydrogen) atoms. The van der Waals surface area contributed by atoms with Crippen molar-refractivity contribution in [2.24, 2.45) is 5.10 Å². The lowest BCUT2D eigenvalue weighted by Crippen LogP contribution is -2.18. The van der Waals surface area contributed by atoms with Crippen LogP contribution in [-0.2, 0) is 10.0 Å². The smallest absolute Gasteiger partial charge is 0.276 e. The molecule has 0 saturated heterocycles. The van der Waals surface area contributed by atoms with E-state index in [0.717, 1.165) is 10.0 Å². The maximum Gasteiger partial charge on any atom is 0.276 e. The summed E-state index contributed by atoms with van der Waals surface area (Å²) in [5, 5.41) is 3.69. The van der Waals surface area contributed by atoms with Gasteiger partial charge in [-0.25, -0.2) is 0 Å². The van der Waals surface area contributed by atoms with Gasteiger partial charge in [0.2, 0.25) is 0 Å². The van der Waals surface area contributed by atoms with E-state index < -0.39 is 10.0 Å². The fourth-order valence-corrected chi connectivity index (χ4v) is 2.86. The predicted octanol–water partition coefficient (Wildman–Crippen LogP) is 3.27. The molecule has 1 aromatic carbocycles. The zero-order valence-corrected chi connectivity index (χ0v) is 14.9. The molecule has 0 unspecified atom stereocenters. The van der Waals surface area contributed by atoms with Gasteiger partial charge < -0.3 is 4.42 Å². The van der Waals surface area contributed by atoms with Gasteiger partial charge in [-0.15, -0.1) is 0 Å². The average Bonchev–Trinajstić information content (AvgIpc) is 2.69. The Kier molecular flexibility index (Phi) is 4.86. The summed E-state index contributed by atoms with van der Waals surface area (Å²) in [5.41, 5.74) is 0.988. The van der Waals surface area contributed by atoms with Crippen LogP contribution in [0.2, 0.25) is 0 Å². The summed E-state index contributed by atoms with van der Waals surface area (Å²) in [4.78, 5) is 2.30. The first kappa shape index (κ1) is 15.5. The van der Waals surface area contributed by atoms with Gasteiger partial charge in [-0.05, 0) is 35.0 Å². The Balaban J connectivity index is 2.11. The van der Waals surface area contributed by atoms with Gasteiger partial charge in [-0.2, -0.15) is 18.4 Å². The molecule has 106 valence electrons. The third-order valence-electron chi connectivity index (χ3n) is 2.36. The second kappa shape index (κ2) is 6.27. The third-order valence-corrected chi connectivity index (χ3v) is 5.73. The van der Waals surface area contributed by atoms with E-state index in [0.29, 0.717) is 9.53 Å². The highest BCUT2D eigenvalue weighted by Gasteiger charge is 2.12. The van der Waals surface area contributed by atoms with Gasteiger partial charge in [-0.3, -0.25) is 0 Å². The van der Waals surface area contributed by atoms with E-state index in [4.69, 9.17) is 4.42 Å². The molecule has 0 spiro atoms. The zero-order chi connectivity index (χ0) is 14.8. The molecule has 0 amide bonds. The summed E-state index contributed by atoms with van der Waals surface area (Å²) in [6.45, 7) is 1.89. The van der Waals surface area contributed by atoms with E-state index in [9.17, 15) is 8.42 Å².